The van der Waals surface area contributed by atoms with Crippen LogP contribution in [0.5, 0.6) is 5.75 Å². The molecular weight excluding hydrogens is 558 g/mol. The molecule has 4 rings (SSSR count). The van der Waals surface area contributed by atoms with Gasteiger partial charge in [0.25, 0.3) is 0 Å². The lowest BCUT2D eigenvalue weighted by molar-refractivity contribution is -0.113. The molecule has 0 saturated heterocycles. The molecule has 1 aromatic carbocycles. The van der Waals surface area contributed by atoms with Crippen molar-refractivity contribution in [2.75, 3.05) is 11.1 Å². The summed E-state index contributed by atoms with van der Waals surface area (Å²) >= 11 is 6.28. The van der Waals surface area contributed by atoms with Gasteiger partial charge in [-0.25, -0.2) is 0 Å². The summed E-state index contributed by atoms with van der Waals surface area (Å²) in [6.45, 7) is 8.73. The van der Waals surface area contributed by atoms with E-state index in [2.05, 4.69) is 58.3 Å². The summed E-state index contributed by atoms with van der Waals surface area (Å²) in [5.74, 6) is 2.00. The lowest BCUT2D eigenvalue weighted by Crippen LogP contribution is -2.26. The normalized spacial score (nSPS) is 16.2. The van der Waals surface area contributed by atoms with Crippen LogP contribution in [-0.2, 0) is 24.7 Å². The Labute approximate surface area is 228 Å². The molecule has 1 aliphatic rings. The summed E-state index contributed by atoms with van der Waals surface area (Å²) in [4.78, 5) is 14.0. The van der Waals surface area contributed by atoms with Gasteiger partial charge in [0.15, 0.2) is 17.1 Å². The number of nitrogens with one attached hydrogen (secondary N) is 1. The molecule has 3 aromatic rings. The van der Waals surface area contributed by atoms with Gasteiger partial charge in [-0.2, -0.15) is 5.26 Å². The van der Waals surface area contributed by atoms with Crippen molar-refractivity contribution in [3.05, 3.63) is 50.6 Å². The Kier molecular flexibility index (Phi) is 8.12. The van der Waals surface area contributed by atoms with Gasteiger partial charge in [0.05, 0.1) is 11.3 Å². The van der Waals surface area contributed by atoms with Crippen molar-refractivity contribution in [3.63, 3.8) is 0 Å². The molecule has 0 saturated carbocycles. The third-order valence-corrected chi connectivity index (χ3v) is 9.26. The highest BCUT2D eigenvalue weighted by atomic mass is 79.9. The van der Waals surface area contributed by atoms with E-state index in [-0.39, 0.29) is 23.2 Å². The fraction of sp³-hybridized carbons (Fsp3) is 0.462. The molecule has 2 unspecified atom stereocenters. The number of thioether (sulfide) groups is 1. The third kappa shape index (κ3) is 5.96. The number of carbonyl (C=O) groups excluding carboxylic acids is 1. The van der Waals surface area contributed by atoms with Crippen LogP contribution in [0.25, 0.3) is 0 Å². The first-order valence-corrected chi connectivity index (χ1v) is 14.4. The van der Waals surface area contributed by atoms with E-state index in [0.717, 1.165) is 35.0 Å². The van der Waals surface area contributed by atoms with E-state index in [0.29, 0.717) is 27.5 Å². The van der Waals surface area contributed by atoms with E-state index < -0.39 is 0 Å². The zero-order chi connectivity index (χ0) is 26.0. The Bertz CT molecular complexity index is 1290. The summed E-state index contributed by atoms with van der Waals surface area (Å²) in [6.07, 6.45) is 2.62. The number of thiophene rings is 1. The van der Waals surface area contributed by atoms with Gasteiger partial charge in [-0.15, -0.1) is 21.5 Å². The molecule has 0 fully saturated rings. The Morgan fingerprint density at radius 3 is 2.75 bits per heavy atom. The van der Waals surface area contributed by atoms with Crippen molar-refractivity contribution in [2.45, 2.75) is 58.2 Å². The quantitative estimate of drug-likeness (QED) is 0.316. The number of benzene rings is 1. The van der Waals surface area contributed by atoms with Gasteiger partial charge in [0.1, 0.15) is 16.8 Å². The zero-order valence-electron chi connectivity index (χ0n) is 21.1. The van der Waals surface area contributed by atoms with Gasteiger partial charge in [-0.1, -0.05) is 48.5 Å². The van der Waals surface area contributed by atoms with Crippen LogP contribution in [0.2, 0.25) is 0 Å². The standard InChI is InChI=1S/C26H30BrN5O2S2/c1-15(34-18-9-7-17(27)8-10-18)23-30-31-25(32(23)5)35-14-22(33)29-24-20(13-28)19-11-6-16(26(2,3)4)12-21(19)36-24/h7-10,15-16H,6,11-12,14H2,1-5H3,(H,29,33). The summed E-state index contributed by atoms with van der Waals surface area (Å²) < 4.78 is 8.82. The summed E-state index contributed by atoms with van der Waals surface area (Å²) in [5.41, 5.74) is 1.97. The Morgan fingerprint density at radius 1 is 1.36 bits per heavy atom. The fourth-order valence-corrected chi connectivity index (χ4v) is 6.68. The number of rotatable bonds is 7. The Balaban J connectivity index is 1.38. The second-order valence-corrected chi connectivity index (χ2v) is 13.0. The first kappa shape index (κ1) is 26.7. The molecule has 2 aromatic heterocycles. The van der Waals surface area contributed by atoms with Crippen molar-refractivity contribution >= 4 is 49.9 Å². The SMILES string of the molecule is CC(Oc1ccc(Br)cc1)c1nnc(SCC(=O)Nc2sc3c(c2C#N)CCC(C(C)(C)C)C3)n1C. The van der Waals surface area contributed by atoms with Crippen LogP contribution in [0.15, 0.2) is 33.9 Å². The van der Waals surface area contributed by atoms with Crippen LogP contribution in [-0.4, -0.2) is 26.4 Å². The Morgan fingerprint density at radius 2 is 2.08 bits per heavy atom. The van der Waals surface area contributed by atoms with Crippen molar-refractivity contribution in [3.8, 4) is 11.8 Å². The van der Waals surface area contributed by atoms with Gasteiger partial charge >= 0.3 is 0 Å². The maximum absolute atomic E-state index is 12.8. The van der Waals surface area contributed by atoms with Gasteiger partial charge in [0.2, 0.25) is 5.91 Å². The highest BCUT2D eigenvalue weighted by Gasteiger charge is 2.32. The average molecular weight is 589 g/mol. The molecule has 0 bridgehead atoms. The molecule has 190 valence electrons. The van der Waals surface area contributed by atoms with E-state index in [9.17, 15) is 10.1 Å². The predicted octanol–water partition coefficient (Wildman–Crippen LogP) is 6.53. The van der Waals surface area contributed by atoms with Gasteiger partial charge in [0, 0.05) is 16.4 Å². The second kappa shape index (κ2) is 11.0. The fourth-order valence-electron chi connectivity index (χ4n) is 4.40. The van der Waals surface area contributed by atoms with Crippen LogP contribution in [0.3, 0.4) is 0 Å². The summed E-state index contributed by atoms with van der Waals surface area (Å²) in [7, 11) is 1.86. The monoisotopic (exact) mass is 587 g/mol. The van der Waals surface area contributed by atoms with Crippen molar-refractivity contribution in [2.24, 2.45) is 18.4 Å². The second-order valence-electron chi connectivity index (χ2n) is 10.1. The molecule has 7 nitrogen and oxygen atoms in total. The highest BCUT2D eigenvalue weighted by molar-refractivity contribution is 9.10. The molecule has 2 atom stereocenters. The smallest absolute Gasteiger partial charge is 0.235 e. The van der Waals surface area contributed by atoms with Gasteiger partial charge < -0.3 is 14.6 Å². The lowest BCUT2D eigenvalue weighted by Gasteiger charge is -2.33. The van der Waals surface area contributed by atoms with E-state index in [1.165, 1.54) is 16.6 Å². The molecule has 2 heterocycles. The van der Waals surface area contributed by atoms with Crippen LogP contribution in [0.1, 0.15) is 62.0 Å². The van der Waals surface area contributed by atoms with E-state index in [1.807, 2.05) is 42.8 Å². The minimum absolute atomic E-state index is 0.161. The molecule has 1 N–H and O–H groups in total. The molecule has 0 aliphatic heterocycles. The van der Waals surface area contributed by atoms with Crippen LogP contribution >= 0.6 is 39.0 Å². The number of halogens is 1. The number of nitriles is 1. The number of nitrogens with zero attached hydrogens (tertiary/aromatic N) is 4. The number of hydrogen-bond acceptors (Lipinski definition) is 7. The van der Waals surface area contributed by atoms with E-state index in [4.69, 9.17) is 4.74 Å². The van der Waals surface area contributed by atoms with E-state index >= 15 is 0 Å². The van der Waals surface area contributed by atoms with Crippen molar-refractivity contribution < 1.29 is 9.53 Å². The zero-order valence-corrected chi connectivity index (χ0v) is 24.3. The topological polar surface area (TPSA) is 92.8 Å². The molecule has 0 spiro atoms. The highest BCUT2D eigenvalue weighted by Crippen LogP contribution is 2.44. The van der Waals surface area contributed by atoms with Gasteiger partial charge in [-0.05, 0) is 67.3 Å². The third-order valence-electron chi connectivity index (χ3n) is 6.55. The molecule has 1 aliphatic carbocycles. The maximum Gasteiger partial charge on any atom is 0.235 e. The number of amides is 1. The minimum Gasteiger partial charge on any atom is -0.483 e. The molecule has 36 heavy (non-hydrogen) atoms. The van der Waals surface area contributed by atoms with Gasteiger partial charge in [-0.3, -0.25) is 4.79 Å². The maximum atomic E-state index is 12.8. The Hall–Kier alpha value is -2.35. The molecule has 0 radical (unpaired) electrons. The lowest BCUT2D eigenvalue weighted by atomic mass is 9.72. The van der Waals surface area contributed by atoms with Crippen LogP contribution in [0, 0.1) is 22.7 Å². The average Bonchev–Trinajstić information content (AvgIpc) is 3.37. The van der Waals surface area contributed by atoms with Crippen LogP contribution in [0.4, 0.5) is 5.00 Å². The van der Waals surface area contributed by atoms with E-state index in [1.54, 1.807) is 11.3 Å². The number of ether oxygens (including phenoxy) is 1. The minimum atomic E-state index is -0.306. The number of anilines is 1. The number of fused-ring (bicyclic) bond motifs is 1. The first-order chi connectivity index (χ1) is 17.1. The largest absolute Gasteiger partial charge is 0.483 e. The number of carbonyl (C=O) groups is 1. The molecule has 1 amide bonds. The summed E-state index contributed by atoms with van der Waals surface area (Å²) in [6, 6.07) is 9.94. The van der Waals surface area contributed by atoms with Crippen molar-refractivity contribution in [1.82, 2.24) is 14.8 Å². The van der Waals surface area contributed by atoms with Crippen LogP contribution < -0.4 is 10.1 Å². The van der Waals surface area contributed by atoms with Crippen molar-refractivity contribution in [1.29, 1.82) is 5.26 Å². The predicted molar refractivity (Wildman–Crippen MR) is 148 cm³/mol. The first-order valence-electron chi connectivity index (χ1n) is 11.9. The molecular formula is C26H30BrN5O2S2. The number of hydrogen-bond donors (Lipinski definition) is 1. The molecule has 10 heteroatoms. The number of aromatic nitrogens is 3. The summed E-state index contributed by atoms with van der Waals surface area (Å²) in [5, 5.41) is 22.6.